The number of Topliss-reactive ketones (excluding diaryl/α,β-unsaturated/α-hetero) is 1. The number of aromatic nitrogens is 4. The van der Waals surface area contributed by atoms with Gasteiger partial charge >= 0.3 is 6.18 Å². The Bertz CT molecular complexity index is 1820. The lowest BCUT2D eigenvalue weighted by Gasteiger charge is -2.20. The van der Waals surface area contributed by atoms with Gasteiger partial charge in [0.2, 0.25) is 5.76 Å². The van der Waals surface area contributed by atoms with E-state index in [1.165, 1.54) is 42.1 Å². The van der Waals surface area contributed by atoms with Crippen molar-refractivity contribution in [1.82, 2.24) is 19.5 Å². The van der Waals surface area contributed by atoms with Crippen molar-refractivity contribution in [1.29, 1.82) is 0 Å². The molecule has 0 aliphatic rings. The van der Waals surface area contributed by atoms with Crippen LogP contribution < -0.4 is 10.3 Å². The highest BCUT2D eigenvalue weighted by molar-refractivity contribution is 6.31. The van der Waals surface area contributed by atoms with Crippen molar-refractivity contribution in [3.05, 3.63) is 87.6 Å². The van der Waals surface area contributed by atoms with Crippen LogP contribution in [0, 0.1) is 0 Å². The number of pyridine rings is 1. The van der Waals surface area contributed by atoms with Crippen LogP contribution in [0.5, 0.6) is 5.75 Å². The highest BCUT2D eigenvalue weighted by atomic mass is 35.5. The fourth-order valence-corrected chi connectivity index (χ4v) is 5.02. The Kier molecular flexibility index (Phi) is 7.48. The van der Waals surface area contributed by atoms with Gasteiger partial charge in [0.15, 0.2) is 5.78 Å². The van der Waals surface area contributed by atoms with E-state index < -0.39 is 23.5 Å². The number of aryl methyl sites for hydroxylation is 1. The molecule has 0 spiro atoms. The van der Waals surface area contributed by atoms with E-state index in [1.54, 1.807) is 11.6 Å². The molecule has 0 aliphatic heterocycles. The summed E-state index contributed by atoms with van der Waals surface area (Å²) in [6, 6.07) is 11.3. The Morgan fingerprint density at radius 3 is 2.54 bits per heavy atom. The highest BCUT2D eigenvalue weighted by Gasteiger charge is 2.36. The van der Waals surface area contributed by atoms with E-state index in [2.05, 4.69) is 14.8 Å². The van der Waals surface area contributed by atoms with Gasteiger partial charge in [0.1, 0.15) is 11.4 Å². The van der Waals surface area contributed by atoms with Gasteiger partial charge in [-0.2, -0.15) is 18.3 Å². The summed E-state index contributed by atoms with van der Waals surface area (Å²) >= 11 is 6.23. The highest BCUT2D eigenvalue weighted by Crippen LogP contribution is 2.40. The van der Waals surface area contributed by atoms with Gasteiger partial charge in [-0.15, -0.1) is 0 Å². The van der Waals surface area contributed by atoms with Crippen molar-refractivity contribution in [2.75, 3.05) is 7.11 Å². The zero-order chi connectivity index (χ0) is 29.5. The van der Waals surface area contributed by atoms with Crippen molar-refractivity contribution >= 4 is 28.3 Å². The fourth-order valence-electron chi connectivity index (χ4n) is 4.85. The molecule has 0 fully saturated rings. The summed E-state index contributed by atoms with van der Waals surface area (Å²) < 4.78 is 52.6. The molecule has 12 heteroatoms. The normalized spacial score (nSPS) is 12.6. The number of hydrogen-bond donors (Lipinski definition) is 0. The van der Waals surface area contributed by atoms with Gasteiger partial charge in [-0.25, -0.2) is 0 Å². The quantitative estimate of drug-likeness (QED) is 0.207. The minimum atomic E-state index is -4.72. The number of benzene rings is 2. The molecule has 212 valence electrons. The summed E-state index contributed by atoms with van der Waals surface area (Å²) in [6.07, 6.45) is -0.976. The number of hydrogen-bond acceptors (Lipinski definition) is 6. The predicted octanol–water partition coefficient (Wildman–Crippen LogP) is 6.50. The minimum Gasteiger partial charge on any atom is -0.495 e. The molecular weight excluding hydrogens is 561 g/mol. The number of nitrogens with zero attached hydrogens (tertiary/aromatic N) is 4. The number of halogens is 4. The molecule has 3 aromatic heterocycles. The standard InChI is InChI=1S/C29H24ClF3N4O4/c1-4-24(25(38)10-16-5-8-22-17(9-16)14-36(2)34-22)37-15-26(40-3)21(12-28(37)39)20-11-18(30)6-7-19(20)23-13-27(41-35-23)29(31,32)33/h5-9,11-15,24H,4,10H2,1-3H3. The molecule has 3 heterocycles. The molecule has 0 amide bonds. The van der Waals surface area contributed by atoms with Gasteiger partial charge in [-0.05, 0) is 41.8 Å². The van der Waals surface area contributed by atoms with Crippen LogP contribution in [0.2, 0.25) is 5.02 Å². The average molecular weight is 585 g/mol. The van der Waals surface area contributed by atoms with Gasteiger partial charge in [0.05, 0.1) is 24.9 Å². The van der Waals surface area contributed by atoms with Crippen LogP contribution in [-0.2, 0) is 24.4 Å². The predicted molar refractivity (Wildman–Crippen MR) is 147 cm³/mol. The molecular formula is C29H24ClF3N4O4. The van der Waals surface area contributed by atoms with Gasteiger partial charge in [0.25, 0.3) is 5.56 Å². The van der Waals surface area contributed by atoms with E-state index in [0.717, 1.165) is 22.5 Å². The summed E-state index contributed by atoms with van der Waals surface area (Å²) in [5.74, 6) is -1.21. The number of carbonyl (C=O) groups is 1. The van der Waals surface area contributed by atoms with Crippen molar-refractivity contribution in [2.45, 2.75) is 32.0 Å². The Balaban J connectivity index is 1.52. The number of methoxy groups -OCH3 is 1. The molecule has 0 radical (unpaired) electrons. The van der Waals surface area contributed by atoms with Gasteiger partial charge in [0, 0.05) is 53.3 Å². The van der Waals surface area contributed by atoms with Crippen molar-refractivity contribution in [3.8, 4) is 28.1 Å². The first-order valence-corrected chi connectivity index (χ1v) is 13.0. The third kappa shape index (κ3) is 5.62. The lowest BCUT2D eigenvalue weighted by atomic mass is 9.96. The number of alkyl halides is 3. The van der Waals surface area contributed by atoms with Crippen molar-refractivity contribution < 1.29 is 27.2 Å². The summed E-state index contributed by atoms with van der Waals surface area (Å²) in [7, 11) is 3.21. The van der Waals surface area contributed by atoms with Crippen LogP contribution in [-0.4, -0.2) is 32.4 Å². The monoisotopic (exact) mass is 584 g/mol. The van der Waals surface area contributed by atoms with E-state index in [-0.39, 0.29) is 39.8 Å². The molecule has 0 saturated heterocycles. The molecule has 0 bridgehead atoms. The number of fused-ring (bicyclic) bond motifs is 1. The van der Waals surface area contributed by atoms with Crippen LogP contribution >= 0.6 is 11.6 Å². The molecule has 5 aromatic rings. The maximum absolute atomic E-state index is 13.4. The van der Waals surface area contributed by atoms with E-state index in [1.807, 2.05) is 31.4 Å². The maximum atomic E-state index is 13.4. The average Bonchev–Trinajstić information content (AvgIpc) is 3.56. The summed E-state index contributed by atoms with van der Waals surface area (Å²) in [5, 5.41) is 9.10. The Hall–Kier alpha value is -4.38. The van der Waals surface area contributed by atoms with Crippen LogP contribution in [0.15, 0.2) is 70.2 Å². The van der Waals surface area contributed by atoms with Crippen LogP contribution in [0.25, 0.3) is 33.3 Å². The third-order valence-corrected chi connectivity index (χ3v) is 6.99. The van der Waals surface area contributed by atoms with Crippen molar-refractivity contribution in [2.24, 2.45) is 7.05 Å². The first kappa shape index (κ1) is 28.2. The number of carbonyl (C=O) groups excluding carboxylic acids is 1. The van der Waals surface area contributed by atoms with E-state index in [9.17, 15) is 22.8 Å². The van der Waals surface area contributed by atoms with Gasteiger partial charge < -0.3 is 13.8 Å². The summed E-state index contributed by atoms with van der Waals surface area (Å²) in [4.78, 5) is 26.8. The van der Waals surface area contributed by atoms with Crippen molar-refractivity contribution in [3.63, 3.8) is 0 Å². The zero-order valence-corrected chi connectivity index (χ0v) is 23.0. The van der Waals surface area contributed by atoms with E-state index >= 15 is 0 Å². The van der Waals surface area contributed by atoms with Gasteiger partial charge in [-0.3, -0.25) is 14.3 Å². The number of rotatable bonds is 8. The summed E-state index contributed by atoms with van der Waals surface area (Å²) in [6.45, 7) is 1.80. The molecule has 0 N–H and O–H groups in total. The van der Waals surface area contributed by atoms with Crippen LogP contribution in [0.1, 0.15) is 30.7 Å². The topological polar surface area (TPSA) is 92.2 Å². The zero-order valence-electron chi connectivity index (χ0n) is 22.2. The Labute approximate surface area is 236 Å². The number of ketones is 1. The van der Waals surface area contributed by atoms with Crippen LogP contribution in [0.4, 0.5) is 13.2 Å². The molecule has 5 rings (SSSR count). The lowest BCUT2D eigenvalue weighted by molar-refractivity contribution is -0.155. The fraction of sp³-hybridized carbons (Fsp3) is 0.241. The molecule has 8 nitrogen and oxygen atoms in total. The minimum absolute atomic E-state index is 0.0950. The smallest absolute Gasteiger partial charge is 0.452 e. The van der Waals surface area contributed by atoms with E-state index in [4.69, 9.17) is 16.3 Å². The molecule has 0 aliphatic carbocycles. The second kappa shape index (κ2) is 10.9. The summed E-state index contributed by atoms with van der Waals surface area (Å²) in [5.41, 5.74) is 1.84. The van der Waals surface area contributed by atoms with Gasteiger partial charge in [-0.1, -0.05) is 35.8 Å². The second-order valence-electron chi connectivity index (χ2n) is 9.53. The maximum Gasteiger partial charge on any atom is 0.452 e. The first-order chi connectivity index (χ1) is 19.5. The lowest BCUT2D eigenvalue weighted by Crippen LogP contribution is -2.30. The van der Waals surface area contributed by atoms with E-state index in [0.29, 0.717) is 12.0 Å². The molecule has 2 aromatic carbocycles. The molecule has 1 atom stereocenters. The van der Waals surface area contributed by atoms with Crippen LogP contribution in [0.3, 0.4) is 0 Å². The molecule has 41 heavy (non-hydrogen) atoms. The largest absolute Gasteiger partial charge is 0.495 e. The first-order valence-electron chi connectivity index (χ1n) is 12.6. The SMILES string of the molecule is CCC(C(=O)Cc1ccc2nn(C)cc2c1)n1cc(OC)c(-c2cc(Cl)ccc2-c2cc(C(F)(F)F)on2)cc1=O. The second-order valence-corrected chi connectivity index (χ2v) is 9.96. The number of ether oxygens (including phenoxy) is 1. The Morgan fingerprint density at radius 1 is 1.07 bits per heavy atom. The third-order valence-electron chi connectivity index (χ3n) is 6.76. The molecule has 0 saturated carbocycles. The molecule has 1 unspecified atom stereocenters. The Morgan fingerprint density at radius 2 is 1.85 bits per heavy atom.